The number of nitrogens with zero attached hydrogens (tertiary/aromatic N) is 2. The van der Waals surface area contributed by atoms with E-state index >= 15 is 0 Å². The van der Waals surface area contributed by atoms with Crippen LogP contribution >= 0.6 is 0 Å². The van der Waals surface area contributed by atoms with Crippen molar-refractivity contribution in [3.05, 3.63) is 24.3 Å². The Morgan fingerprint density at radius 1 is 1.23 bits per heavy atom. The van der Waals surface area contributed by atoms with Crippen LogP contribution in [0.15, 0.2) is 24.3 Å². The van der Waals surface area contributed by atoms with Crippen LogP contribution in [-0.2, 0) is 9.59 Å². The normalized spacial score (nSPS) is 18.0. The Kier molecular flexibility index (Phi) is 5.41. The number of carbonyl (C=O) groups excluding carboxylic acids is 2. The van der Waals surface area contributed by atoms with Crippen LogP contribution < -0.4 is 10.2 Å². The minimum absolute atomic E-state index is 0.197. The molecule has 1 N–H and O–H groups in total. The molecular weight excluding hydrogens is 278 g/mol. The molecule has 1 aliphatic rings. The van der Waals surface area contributed by atoms with Gasteiger partial charge in [0.2, 0.25) is 0 Å². The summed E-state index contributed by atoms with van der Waals surface area (Å²) in [5.41, 5.74) is 1.69. The average molecular weight is 303 g/mol. The van der Waals surface area contributed by atoms with Crippen LogP contribution in [0.1, 0.15) is 32.6 Å². The predicted octanol–water partition coefficient (Wildman–Crippen LogP) is 2.48. The number of piperidine rings is 1. The van der Waals surface area contributed by atoms with Gasteiger partial charge in [-0.3, -0.25) is 9.59 Å². The number of nitrogens with one attached hydrogen (secondary N) is 1. The summed E-state index contributed by atoms with van der Waals surface area (Å²) in [7, 11) is 3.91. The van der Waals surface area contributed by atoms with E-state index < -0.39 is 11.8 Å². The van der Waals surface area contributed by atoms with Gasteiger partial charge in [0.1, 0.15) is 0 Å². The molecule has 1 aromatic rings. The Bertz CT molecular complexity index is 525. The summed E-state index contributed by atoms with van der Waals surface area (Å²) in [6.07, 6.45) is 4.01. The summed E-state index contributed by atoms with van der Waals surface area (Å²) >= 11 is 0. The molecule has 1 heterocycles. The van der Waals surface area contributed by atoms with Crippen molar-refractivity contribution in [3.8, 4) is 0 Å². The maximum absolute atomic E-state index is 12.4. The standard InChI is InChI=1S/C17H25N3O2/c1-4-14-7-5-6-12-20(14)17(22)16(21)18-13-8-10-15(11-9-13)19(2)3/h8-11,14H,4-7,12H2,1-3H3,(H,18,21). The SMILES string of the molecule is CCC1CCCCN1C(=O)C(=O)Nc1ccc(N(C)C)cc1. The maximum Gasteiger partial charge on any atom is 0.313 e. The monoisotopic (exact) mass is 303 g/mol. The zero-order valence-electron chi connectivity index (χ0n) is 13.6. The van der Waals surface area contributed by atoms with Crippen molar-refractivity contribution in [2.45, 2.75) is 38.6 Å². The molecule has 2 rings (SSSR count). The van der Waals surface area contributed by atoms with Gasteiger partial charge in [0.25, 0.3) is 0 Å². The van der Waals surface area contributed by atoms with Gasteiger partial charge in [-0.2, -0.15) is 0 Å². The summed E-state index contributed by atoms with van der Waals surface area (Å²) in [5.74, 6) is -0.957. The molecule has 2 amide bonds. The fraction of sp³-hybridized carbons (Fsp3) is 0.529. The third-order valence-corrected chi connectivity index (χ3v) is 4.20. The van der Waals surface area contributed by atoms with E-state index in [4.69, 9.17) is 0 Å². The Morgan fingerprint density at radius 3 is 2.50 bits per heavy atom. The van der Waals surface area contributed by atoms with E-state index in [-0.39, 0.29) is 6.04 Å². The molecule has 0 radical (unpaired) electrons. The van der Waals surface area contributed by atoms with Crippen molar-refractivity contribution in [3.63, 3.8) is 0 Å². The number of amides is 2. The van der Waals surface area contributed by atoms with Gasteiger partial charge in [0.15, 0.2) is 0 Å². The zero-order valence-corrected chi connectivity index (χ0v) is 13.6. The molecule has 0 bridgehead atoms. The highest BCUT2D eigenvalue weighted by atomic mass is 16.2. The molecule has 0 spiro atoms. The second-order valence-electron chi connectivity index (χ2n) is 5.95. The Hall–Kier alpha value is -2.04. The minimum atomic E-state index is -0.544. The van der Waals surface area contributed by atoms with Gasteiger partial charge in [-0.05, 0) is 49.9 Å². The van der Waals surface area contributed by atoms with Crippen molar-refractivity contribution >= 4 is 23.2 Å². The highest BCUT2D eigenvalue weighted by Gasteiger charge is 2.29. The molecule has 22 heavy (non-hydrogen) atoms. The van der Waals surface area contributed by atoms with Gasteiger partial charge in [-0.1, -0.05) is 6.92 Å². The van der Waals surface area contributed by atoms with Gasteiger partial charge in [0.05, 0.1) is 0 Å². The smallest absolute Gasteiger partial charge is 0.313 e. The largest absolute Gasteiger partial charge is 0.378 e. The molecule has 1 aliphatic heterocycles. The van der Waals surface area contributed by atoms with Crippen LogP contribution in [0.25, 0.3) is 0 Å². The van der Waals surface area contributed by atoms with E-state index in [0.717, 1.165) is 31.4 Å². The molecule has 1 aromatic carbocycles. The first-order valence-corrected chi connectivity index (χ1v) is 7.92. The molecule has 1 unspecified atom stereocenters. The fourth-order valence-corrected chi connectivity index (χ4v) is 2.85. The first kappa shape index (κ1) is 16.3. The first-order chi connectivity index (χ1) is 10.5. The molecule has 5 nitrogen and oxygen atoms in total. The molecule has 5 heteroatoms. The van der Waals surface area contributed by atoms with Crippen LogP contribution in [0.5, 0.6) is 0 Å². The quantitative estimate of drug-likeness (QED) is 0.873. The lowest BCUT2D eigenvalue weighted by Crippen LogP contribution is -2.48. The summed E-state index contributed by atoms with van der Waals surface area (Å²) in [6.45, 7) is 2.75. The van der Waals surface area contributed by atoms with E-state index in [2.05, 4.69) is 12.2 Å². The van der Waals surface area contributed by atoms with Crippen molar-refractivity contribution in [1.29, 1.82) is 0 Å². The summed E-state index contributed by atoms with van der Waals surface area (Å²) in [6, 6.07) is 7.65. The number of benzene rings is 1. The van der Waals surface area contributed by atoms with E-state index in [1.807, 2.05) is 43.3 Å². The highest BCUT2D eigenvalue weighted by Crippen LogP contribution is 2.20. The van der Waals surface area contributed by atoms with Crippen LogP contribution in [0.3, 0.4) is 0 Å². The van der Waals surface area contributed by atoms with Crippen LogP contribution in [-0.4, -0.2) is 43.4 Å². The van der Waals surface area contributed by atoms with Crippen molar-refractivity contribution in [2.24, 2.45) is 0 Å². The molecule has 1 atom stereocenters. The van der Waals surface area contributed by atoms with Crippen LogP contribution in [0.2, 0.25) is 0 Å². The molecule has 0 aromatic heterocycles. The van der Waals surface area contributed by atoms with Gasteiger partial charge in [-0.25, -0.2) is 0 Å². The average Bonchev–Trinajstić information content (AvgIpc) is 2.54. The first-order valence-electron chi connectivity index (χ1n) is 7.92. The van der Waals surface area contributed by atoms with Gasteiger partial charge in [0, 0.05) is 38.1 Å². The number of carbonyl (C=O) groups is 2. The van der Waals surface area contributed by atoms with Crippen molar-refractivity contribution in [2.75, 3.05) is 30.9 Å². The van der Waals surface area contributed by atoms with Gasteiger partial charge >= 0.3 is 11.8 Å². The maximum atomic E-state index is 12.4. The van der Waals surface area contributed by atoms with E-state index in [0.29, 0.717) is 12.2 Å². The second kappa shape index (κ2) is 7.29. The molecule has 0 saturated carbocycles. The van der Waals surface area contributed by atoms with Crippen molar-refractivity contribution < 1.29 is 9.59 Å². The Morgan fingerprint density at radius 2 is 1.91 bits per heavy atom. The number of rotatable bonds is 3. The Balaban J connectivity index is 2.00. The van der Waals surface area contributed by atoms with Crippen LogP contribution in [0, 0.1) is 0 Å². The third kappa shape index (κ3) is 3.78. The van der Waals surface area contributed by atoms with E-state index in [9.17, 15) is 9.59 Å². The number of anilines is 2. The zero-order chi connectivity index (χ0) is 16.1. The van der Waals surface area contributed by atoms with E-state index in [1.165, 1.54) is 0 Å². The van der Waals surface area contributed by atoms with Gasteiger partial charge in [-0.15, -0.1) is 0 Å². The molecule has 0 aliphatic carbocycles. The lowest BCUT2D eigenvalue weighted by molar-refractivity contribution is -0.145. The second-order valence-corrected chi connectivity index (χ2v) is 5.95. The molecule has 1 fully saturated rings. The summed E-state index contributed by atoms with van der Waals surface area (Å²) in [4.78, 5) is 28.2. The molecule has 1 saturated heterocycles. The summed E-state index contributed by atoms with van der Waals surface area (Å²) in [5, 5.41) is 2.70. The number of hydrogen-bond donors (Lipinski definition) is 1. The topological polar surface area (TPSA) is 52.7 Å². The lowest BCUT2D eigenvalue weighted by Gasteiger charge is -2.34. The minimum Gasteiger partial charge on any atom is -0.378 e. The number of likely N-dealkylation sites (tertiary alicyclic amines) is 1. The number of hydrogen-bond acceptors (Lipinski definition) is 3. The molecule has 120 valence electrons. The van der Waals surface area contributed by atoms with Crippen molar-refractivity contribution in [1.82, 2.24) is 4.90 Å². The summed E-state index contributed by atoms with van der Waals surface area (Å²) < 4.78 is 0. The Labute approximate surface area is 132 Å². The van der Waals surface area contributed by atoms with E-state index in [1.54, 1.807) is 4.90 Å². The lowest BCUT2D eigenvalue weighted by atomic mass is 10.00. The van der Waals surface area contributed by atoms with Crippen LogP contribution in [0.4, 0.5) is 11.4 Å². The fourth-order valence-electron chi connectivity index (χ4n) is 2.85. The predicted molar refractivity (Wildman–Crippen MR) is 89.0 cm³/mol. The molecular formula is C17H25N3O2. The third-order valence-electron chi connectivity index (χ3n) is 4.20. The van der Waals surface area contributed by atoms with Gasteiger partial charge < -0.3 is 15.1 Å². The highest BCUT2D eigenvalue weighted by molar-refractivity contribution is 6.39.